The van der Waals surface area contributed by atoms with Gasteiger partial charge in [0.15, 0.2) is 0 Å². The minimum atomic E-state index is 0.290. The summed E-state index contributed by atoms with van der Waals surface area (Å²) in [7, 11) is 0. The smallest absolute Gasteiger partial charge is 0.311 e. The normalized spacial score (nSPS) is 10.6. The Morgan fingerprint density at radius 2 is 1.77 bits per heavy atom. The molecule has 1 heterocycles. The predicted molar refractivity (Wildman–Crippen MR) is 83.8 cm³/mol. The van der Waals surface area contributed by atoms with Crippen LogP contribution in [0.25, 0.3) is 16.9 Å². The van der Waals surface area contributed by atoms with Crippen molar-refractivity contribution in [1.82, 2.24) is 5.27 Å². The number of nitrogen functional groups attached to an aromatic ring is 1. The minimum Gasteiger partial charge on any atom is -0.494 e. The Labute approximate surface area is 128 Å². The average Bonchev–Trinajstić information content (AvgIpc) is 2.91. The topological polar surface area (TPSA) is 65.2 Å². The SMILES string of the molecule is CCOc1ccc(-[n+]2noc(N)c2-c2ccc(C)cc2)cc1. The summed E-state index contributed by atoms with van der Waals surface area (Å²) in [5.41, 5.74) is 9.70. The third-order valence-corrected chi connectivity index (χ3v) is 3.38. The summed E-state index contributed by atoms with van der Waals surface area (Å²) in [5, 5.41) is 4.04. The number of nitrogens with zero attached hydrogens (tertiary/aromatic N) is 2. The van der Waals surface area contributed by atoms with Crippen LogP contribution in [0.15, 0.2) is 53.1 Å². The first-order chi connectivity index (χ1) is 10.7. The highest BCUT2D eigenvalue weighted by Crippen LogP contribution is 2.23. The fourth-order valence-corrected chi connectivity index (χ4v) is 2.28. The Balaban J connectivity index is 2.03. The second kappa shape index (κ2) is 5.89. The van der Waals surface area contributed by atoms with Crippen LogP contribution >= 0.6 is 0 Å². The third-order valence-electron chi connectivity index (χ3n) is 3.38. The van der Waals surface area contributed by atoms with Crippen molar-refractivity contribution >= 4 is 5.88 Å². The van der Waals surface area contributed by atoms with Gasteiger partial charge in [0.05, 0.1) is 12.2 Å². The van der Waals surface area contributed by atoms with Gasteiger partial charge in [-0.15, -0.1) is 0 Å². The number of aryl methyl sites for hydroxylation is 1. The molecule has 112 valence electrons. The van der Waals surface area contributed by atoms with Crippen molar-refractivity contribution in [1.29, 1.82) is 0 Å². The van der Waals surface area contributed by atoms with Crippen molar-refractivity contribution in [2.24, 2.45) is 0 Å². The van der Waals surface area contributed by atoms with Crippen LogP contribution in [0.1, 0.15) is 12.5 Å². The predicted octanol–water partition coefficient (Wildman–Crippen LogP) is 2.91. The molecule has 0 aliphatic rings. The first-order valence-electron chi connectivity index (χ1n) is 7.17. The Hall–Kier alpha value is -2.82. The summed E-state index contributed by atoms with van der Waals surface area (Å²) in [6.45, 7) is 4.63. The molecule has 1 aromatic heterocycles. The summed E-state index contributed by atoms with van der Waals surface area (Å²) < 4.78 is 12.3. The van der Waals surface area contributed by atoms with E-state index in [0.29, 0.717) is 6.61 Å². The standard InChI is InChI=1S/C17H18N3O2/c1-3-21-15-10-8-14(9-11-15)20-16(17(18)22-19-20)13-6-4-12(2)5-7-13/h4-11H,3,18H2,1-2H3/q+1. The lowest BCUT2D eigenvalue weighted by Gasteiger charge is -2.01. The molecule has 0 bridgehead atoms. The molecule has 22 heavy (non-hydrogen) atoms. The molecule has 0 radical (unpaired) electrons. The van der Waals surface area contributed by atoms with E-state index in [1.165, 1.54) is 5.56 Å². The van der Waals surface area contributed by atoms with Gasteiger partial charge < -0.3 is 10.5 Å². The summed E-state index contributed by atoms with van der Waals surface area (Å²) in [6.07, 6.45) is 0. The zero-order valence-electron chi connectivity index (χ0n) is 12.6. The van der Waals surface area contributed by atoms with Gasteiger partial charge in [-0.05, 0) is 42.8 Å². The van der Waals surface area contributed by atoms with Crippen LogP contribution in [0.3, 0.4) is 0 Å². The molecule has 3 rings (SSSR count). The monoisotopic (exact) mass is 296 g/mol. The van der Waals surface area contributed by atoms with Crippen molar-refractivity contribution in [2.45, 2.75) is 13.8 Å². The van der Waals surface area contributed by atoms with E-state index in [0.717, 1.165) is 22.7 Å². The van der Waals surface area contributed by atoms with E-state index in [2.05, 4.69) is 5.27 Å². The number of ether oxygens (including phenoxy) is 1. The van der Waals surface area contributed by atoms with E-state index in [1.807, 2.05) is 62.4 Å². The van der Waals surface area contributed by atoms with E-state index >= 15 is 0 Å². The number of hydrogen-bond donors (Lipinski definition) is 1. The van der Waals surface area contributed by atoms with Crippen molar-refractivity contribution < 1.29 is 13.9 Å². The number of rotatable bonds is 4. The molecule has 2 aromatic carbocycles. The van der Waals surface area contributed by atoms with E-state index in [-0.39, 0.29) is 5.88 Å². The van der Waals surface area contributed by atoms with Crippen molar-refractivity contribution in [2.75, 3.05) is 12.3 Å². The maximum atomic E-state index is 5.95. The van der Waals surface area contributed by atoms with Gasteiger partial charge in [-0.3, -0.25) is 4.52 Å². The number of benzene rings is 2. The molecule has 5 nitrogen and oxygen atoms in total. The molecule has 0 aliphatic heterocycles. The molecular formula is C17H18N3O2+. The molecule has 0 fully saturated rings. The van der Waals surface area contributed by atoms with Crippen molar-refractivity contribution in [3.8, 4) is 22.7 Å². The second-order valence-electron chi connectivity index (χ2n) is 4.99. The molecule has 0 spiro atoms. The van der Waals surface area contributed by atoms with E-state index < -0.39 is 0 Å². The average molecular weight is 296 g/mol. The van der Waals surface area contributed by atoms with Crippen molar-refractivity contribution in [3.63, 3.8) is 0 Å². The molecule has 0 saturated heterocycles. The first-order valence-corrected chi connectivity index (χ1v) is 7.17. The molecule has 3 aromatic rings. The van der Waals surface area contributed by atoms with E-state index in [1.54, 1.807) is 4.68 Å². The molecule has 2 N–H and O–H groups in total. The van der Waals surface area contributed by atoms with E-state index in [4.69, 9.17) is 15.0 Å². The van der Waals surface area contributed by atoms with Gasteiger partial charge in [0.25, 0.3) is 0 Å². The fraction of sp³-hybridized carbons (Fsp3) is 0.176. The number of anilines is 1. The lowest BCUT2D eigenvalue weighted by atomic mass is 10.1. The van der Waals surface area contributed by atoms with Crippen LogP contribution in [0.2, 0.25) is 0 Å². The Kier molecular flexibility index (Phi) is 3.78. The highest BCUT2D eigenvalue weighted by atomic mass is 16.5. The van der Waals surface area contributed by atoms with Crippen LogP contribution in [-0.2, 0) is 0 Å². The summed E-state index contributed by atoms with van der Waals surface area (Å²) in [4.78, 5) is 0. The number of hydrogen-bond acceptors (Lipinski definition) is 4. The van der Waals surface area contributed by atoms with Gasteiger partial charge in [-0.2, -0.15) is 0 Å². The van der Waals surface area contributed by atoms with Gasteiger partial charge in [-0.1, -0.05) is 17.7 Å². The first kappa shape index (κ1) is 14.1. The van der Waals surface area contributed by atoms with Crippen LogP contribution in [0.5, 0.6) is 5.75 Å². The largest absolute Gasteiger partial charge is 0.494 e. The minimum absolute atomic E-state index is 0.290. The highest BCUT2D eigenvalue weighted by molar-refractivity contribution is 5.66. The Bertz CT molecular complexity index is 762. The van der Waals surface area contributed by atoms with Gasteiger partial charge in [0.1, 0.15) is 5.75 Å². The lowest BCUT2D eigenvalue weighted by Crippen LogP contribution is -2.34. The van der Waals surface area contributed by atoms with Gasteiger partial charge in [0.2, 0.25) is 11.0 Å². The molecule has 0 unspecified atom stereocenters. The maximum absolute atomic E-state index is 5.95. The quantitative estimate of drug-likeness (QED) is 0.752. The maximum Gasteiger partial charge on any atom is 0.311 e. The van der Waals surface area contributed by atoms with Crippen LogP contribution in [0, 0.1) is 6.92 Å². The van der Waals surface area contributed by atoms with Crippen LogP contribution in [-0.4, -0.2) is 11.9 Å². The summed E-state index contributed by atoms with van der Waals surface area (Å²) >= 11 is 0. The number of nitrogens with two attached hydrogens (primary N) is 1. The van der Waals surface area contributed by atoms with Crippen molar-refractivity contribution in [3.05, 3.63) is 54.1 Å². The van der Waals surface area contributed by atoms with Gasteiger partial charge in [-0.25, -0.2) is 0 Å². The fourth-order valence-electron chi connectivity index (χ4n) is 2.28. The van der Waals surface area contributed by atoms with Gasteiger partial charge >= 0.3 is 11.6 Å². The number of aromatic nitrogens is 2. The third kappa shape index (κ3) is 2.65. The Morgan fingerprint density at radius 3 is 2.41 bits per heavy atom. The molecule has 0 aliphatic carbocycles. The molecule has 0 atom stereocenters. The molecule has 0 amide bonds. The van der Waals surface area contributed by atoms with E-state index in [9.17, 15) is 0 Å². The van der Waals surface area contributed by atoms with Gasteiger partial charge in [0, 0.05) is 12.1 Å². The molecule has 5 heteroatoms. The van der Waals surface area contributed by atoms with Crippen LogP contribution < -0.4 is 15.2 Å². The highest BCUT2D eigenvalue weighted by Gasteiger charge is 2.26. The zero-order chi connectivity index (χ0) is 15.5. The molecule has 0 saturated carbocycles. The molecular weight excluding hydrogens is 278 g/mol. The summed E-state index contributed by atoms with van der Waals surface area (Å²) in [6, 6.07) is 15.7. The Morgan fingerprint density at radius 1 is 1.09 bits per heavy atom. The zero-order valence-corrected chi connectivity index (χ0v) is 12.6. The lowest BCUT2D eigenvalue weighted by molar-refractivity contribution is -0.660. The second-order valence-corrected chi connectivity index (χ2v) is 4.99. The summed E-state index contributed by atoms with van der Waals surface area (Å²) in [5.74, 6) is 1.11. The van der Waals surface area contributed by atoms with Crippen LogP contribution in [0.4, 0.5) is 5.88 Å².